The predicted octanol–water partition coefficient (Wildman–Crippen LogP) is 2.92. The SMILES string of the molecule is CCS(=O)(=O)c1ccccc1Nc1ccc(C(=O)O)cc1. The van der Waals surface area contributed by atoms with Crippen molar-refractivity contribution in [2.24, 2.45) is 0 Å². The van der Waals surface area contributed by atoms with Crippen molar-refractivity contribution in [3.63, 3.8) is 0 Å². The Morgan fingerprint density at radius 1 is 1.10 bits per heavy atom. The van der Waals surface area contributed by atoms with Crippen molar-refractivity contribution >= 4 is 27.2 Å². The third kappa shape index (κ3) is 3.41. The van der Waals surface area contributed by atoms with Gasteiger partial charge in [-0.3, -0.25) is 0 Å². The summed E-state index contributed by atoms with van der Waals surface area (Å²) < 4.78 is 24.1. The minimum Gasteiger partial charge on any atom is -0.478 e. The summed E-state index contributed by atoms with van der Waals surface area (Å²) >= 11 is 0. The number of aromatic carboxylic acids is 1. The van der Waals surface area contributed by atoms with Gasteiger partial charge in [-0.1, -0.05) is 19.1 Å². The molecule has 110 valence electrons. The molecule has 0 aliphatic rings. The zero-order valence-electron chi connectivity index (χ0n) is 11.4. The van der Waals surface area contributed by atoms with Gasteiger partial charge in [-0.15, -0.1) is 0 Å². The van der Waals surface area contributed by atoms with Gasteiger partial charge in [0.25, 0.3) is 0 Å². The van der Waals surface area contributed by atoms with Crippen LogP contribution in [0.1, 0.15) is 17.3 Å². The van der Waals surface area contributed by atoms with E-state index < -0.39 is 15.8 Å². The summed E-state index contributed by atoms with van der Waals surface area (Å²) in [5, 5.41) is 11.9. The van der Waals surface area contributed by atoms with Gasteiger partial charge in [-0.05, 0) is 36.4 Å². The van der Waals surface area contributed by atoms with E-state index in [9.17, 15) is 13.2 Å². The molecule has 0 heterocycles. The van der Waals surface area contributed by atoms with E-state index in [0.29, 0.717) is 11.4 Å². The van der Waals surface area contributed by atoms with Crippen molar-refractivity contribution in [2.75, 3.05) is 11.1 Å². The maximum Gasteiger partial charge on any atom is 0.335 e. The summed E-state index contributed by atoms with van der Waals surface area (Å²) in [6.07, 6.45) is 0. The molecule has 0 spiro atoms. The van der Waals surface area contributed by atoms with E-state index in [2.05, 4.69) is 5.32 Å². The molecule has 21 heavy (non-hydrogen) atoms. The Morgan fingerprint density at radius 3 is 2.29 bits per heavy atom. The Morgan fingerprint density at radius 2 is 1.71 bits per heavy atom. The second-order valence-electron chi connectivity index (χ2n) is 4.41. The number of sulfone groups is 1. The van der Waals surface area contributed by atoms with Crippen LogP contribution >= 0.6 is 0 Å². The lowest BCUT2D eigenvalue weighted by molar-refractivity contribution is 0.0697. The number of para-hydroxylation sites is 1. The molecule has 0 fully saturated rings. The summed E-state index contributed by atoms with van der Waals surface area (Å²) in [6, 6.07) is 12.7. The first kappa shape index (κ1) is 15.1. The van der Waals surface area contributed by atoms with E-state index in [-0.39, 0.29) is 16.2 Å². The molecule has 6 heteroatoms. The van der Waals surface area contributed by atoms with Gasteiger partial charge in [0.1, 0.15) is 0 Å². The second kappa shape index (κ2) is 5.97. The molecule has 0 saturated carbocycles. The van der Waals surface area contributed by atoms with E-state index in [1.54, 1.807) is 43.3 Å². The van der Waals surface area contributed by atoms with Gasteiger partial charge in [0.15, 0.2) is 9.84 Å². The van der Waals surface area contributed by atoms with E-state index in [1.807, 2.05) is 0 Å². The molecule has 2 N–H and O–H groups in total. The number of nitrogens with one attached hydrogen (secondary N) is 1. The summed E-state index contributed by atoms with van der Waals surface area (Å²) in [7, 11) is -3.33. The van der Waals surface area contributed by atoms with Crippen molar-refractivity contribution < 1.29 is 18.3 Å². The smallest absolute Gasteiger partial charge is 0.335 e. The van der Waals surface area contributed by atoms with Gasteiger partial charge in [0.05, 0.1) is 21.9 Å². The van der Waals surface area contributed by atoms with Crippen LogP contribution in [-0.4, -0.2) is 25.2 Å². The lowest BCUT2D eigenvalue weighted by Gasteiger charge is -2.12. The first-order chi connectivity index (χ1) is 9.94. The highest BCUT2D eigenvalue weighted by Gasteiger charge is 2.16. The second-order valence-corrected chi connectivity index (χ2v) is 6.65. The molecule has 5 nitrogen and oxygen atoms in total. The summed E-state index contributed by atoms with van der Waals surface area (Å²) in [5.41, 5.74) is 1.27. The molecule has 0 aliphatic carbocycles. The zero-order valence-corrected chi connectivity index (χ0v) is 12.2. The number of hydrogen-bond acceptors (Lipinski definition) is 4. The third-order valence-corrected chi connectivity index (χ3v) is 4.80. The molecule has 2 rings (SSSR count). The van der Waals surface area contributed by atoms with E-state index in [1.165, 1.54) is 12.1 Å². The normalized spacial score (nSPS) is 11.1. The van der Waals surface area contributed by atoms with Crippen LogP contribution in [-0.2, 0) is 9.84 Å². The number of anilines is 2. The fourth-order valence-corrected chi connectivity index (χ4v) is 2.90. The van der Waals surface area contributed by atoms with Crippen LogP contribution in [0.2, 0.25) is 0 Å². The molecule has 0 unspecified atom stereocenters. The van der Waals surface area contributed by atoms with Crippen LogP contribution in [0.5, 0.6) is 0 Å². The number of carboxylic acids is 1. The molecule has 0 aromatic heterocycles. The molecular formula is C15H15NO4S. The van der Waals surface area contributed by atoms with Crippen molar-refractivity contribution in [3.05, 3.63) is 54.1 Å². The summed E-state index contributed by atoms with van der Waals surface area (Å²) in [5.74, 6) is -0.987. The van der Waals surface area contributed by atoms with Crippen molar-refractivity contribution in [2.45, 2.75) is 11.8 Å². The average molecular weight is 305 g/mol. The molecule has 2 aromatic rings. The van der Waals surface area contributed by atoms with Crippen molar-refractivity contribution in [3.8, 4) is 0 Å². The Labute approximate surface area is 123 Å². The standard InChI is InChI=1S/C15H15NO4S/c1-2-21(19,20)14-6-4-3-5-13(14)16-12-9-7-11(8-10-12)15(17)18/h3-10,16H,2H2,1H3,(H,17,18). The number of carboxylic acid groups (broad SMARTS) is 1. The zero-order chi connectivity index (χ0) is 15.5. The van der Waals surface area contributed by atoms with Crippen LogP contribution in [0.3, 0.4) is 0 Å². The number of rotatable bonds is 5. The van der Waals surface area contributed by atoms with Crippen LogP contribution in [0.4, 0.5) is 11.4 Å². The molecule has 0 radical (unpaired) electrons. The maximum absolute atomic E-state index is 12.0. The Bertz CT molecular complexity index is 751. The largest absolute Gasteiger partial charge is 0.478 e. The molecule has 2 aromatic carbocycles. The molecule has 0 atom stereocenters. The number of benzene rings is 2. The molecule has 0 amide bonds. The third-order valence-electron chi connectivity index (χ3n) is 3.01. The van der Waals surface area contributed by atoms with Crippen molar-refractivity contribution in [1.82, 2.24) is 0 Å². The summed E-state index contributed by atoms with van der Waals surface area (Å²) in [4.78, 5) is 11.0. The molecule has 0 aliphatic heterocycles. The van der Waals surface area contributed by atoms with E-state index >= 15 is 0 Å². The van der Waals surface area contributed by atoms with Crippen LogP contribution < -0.4 is 5.32 Å². The lowest BCUT2D eigenvalue weighted by atomic mass is 10.2. The van der Waals surface area contributed by atoms with Crippen LogP contribution in [0.15, 0.2) is 53.4 Å². The highest BCUT2D eigenvalue weighted by atomic mass is 32.2. The molecule has 0 bridgehead atoms. The quantitative estimate of drug-likeness (QED) is 0.887. The minimum absolute atomic E-state index is 0.0175. The monoisotopic (exact) mass is 305 g/mol. The molecular weight excluding hydrogens is 290 g/mol. The topological polar surface area (TPSA) is 83.5 Å². The van der Waals surface area contributed by atoms with E-state index in [4.69, 9.17) is 5.11 Å². The number of hydrogen-bond donors (Lipinski definition) is 2. The first-order valence-corrected chi connectivity index (χ1v) is 8.01. The lowest BCUT2D eigenvalue weighted by Crippen LogP contribution is -2.07. The highest BCUT2D eigenvalue weighted by Crippen LogP contribution is 2.25. The minimum atomic E-state index is -3.33. The van der Waals surface area contributed by atoms with Crippen molar-refractivity contribution in [1.29, 1.82) is 0 Å². The summed E-state index contributed by atoms with van der Waals surface area (Å²) in [6.45, 7) is 1.59. The Balaban J connectivity index is 2.34. The van der Waals surface area contributed by atoms with Gasteiger partial charge in [-0.25, -0.2) is 13.2 Å². The van der Waals surface area contributed by atoms with Crippen LogP contribution in [0, 0.1) is 0 Å². The van der Waals surface area contributed by atoms with Gasteiger partial charge < -0.3 is 10.4 Å². The first-order valence-electron chi connectivity index (χ1n) is 6.36. The van der Waals surface area contributed by atoms with Gasteiger partial charge in [0, 0.05) is 5.69 Å². The average Bonchev–Trinajstić information content (AvgIpc) is 2.48. The Kier molecular flexibility index (Phi) is 4.28. The predicted molar refractivity (Wildman–Crippen MR) is 80.9 cm³/mol. The fourth-order valence-electron chi connectivity index (χ4n) is 1.85. The highest BCUT2D eigenvalue weighted by molar-refractivity contribution is 7.91. The van der Waals surface area contributed by atoms with E-state index in [0.717, 1.165) is 0 Å². The van der Waals surface area contributed by atoms with Gasteiger partial charge in [0.2, 0.25) is 0 Å². The number of carbonyl (C=O) groups is 1. The van der Waals surface area contributed by atoms with Gasteiger partial charge >= 0.3 is 5.97 Å². The molecule has 0 saturated heterocycles. The maximum atomic E-state index is 12.0. The van der Waals surface area contributed by atoms with Crippen LogP contribution in [0.25, 0.3) is 0 Å². The van der Waals surface area contributed by atoms with Gasteiger partial charge in [-0.2, -0.15) is 0 Å². The Hall–Kier alpha value is -2.34. The fraction of sp³-hybridized carbons (Fsp3) is 0.133.